The molecule has 0 spiro atoms. The summed E-state index contributed by atoms with van der Waals surface area (Å²) >= 11 is 2.73. The number of ketones is 1. The van der Waals surface area contributed by atoms with Crippen molar-refractivity contribution in [2.24, 2.45) is 0 Å². The van der Waals surface area contributed by atoms with Gasteiger partial charge in [0.2, 0.25) is 5.78 Å². The molecule has 0 aliphatic carbocycles. The number of nitrogens with zero attached hydrogens (tertiary/aromatic N) is 1. The van der Waals surface area contributed by atoms with Crippen molar-refractivity contribution < 1.29 is 14.5 Å². The number of non-ortho nitro benzene ring substituents is 1. The Hall–Kier alpha value is -2.84. The molecule has 0 atom stereocenters. The first-order valence-electron chi connectivity index (χ1n) is 7.24. The fourth-order valence-electron chi connectivity index (χ4n) is 2.13. The summed E-state index contributed by atoms with van der Waals surface area (Å²) in [6.45, 7) is 0.290. The topological polar surface area (TPSA) is 89.3 Å². The van der Waals surface area contributed by atoms with Crippen molar-refractivity contribution in [1.82, 2.24) is 5.32 Å². The van der Waals surface area contributed by atoms with Gasteiger partial charge in [-0.05, 0) is 35.7 Å². The van der Waals surface area contributed by atoms with E-state index >= 15 is 0 Å². The molecule has 8 heteroatoms. The molecule has 0 aliphatic heterocycles. The van der Waals surface area contributed by atoms with Crippen LogP contribution in [0.25, 0.3) is 0 Å². The summed E-state index contributed by atoms with van der Waals surface area (Å²) in [4.78, 5) is 36.6. The molecule has 2 aromatic heterocycles. The van der Waals surface area contributed by atoms with Crippen molar-refractivity contribution in [2.75, 3.05) is 0 Å². The number of rotatable bonds is 6. The summed E-state index contributed by atoms with van der Waals surface area (Å²) in [5.74, 6) is -0.345. The Balaban J connectivity index is 1.61. The molecule has 3 rings (SSSR count). The second-order valence-corrected chi connectivity index (χ2v) is 7.18. The average Bonchev–Trinajstić information content (AvgIpc) is 3.31. The fraction of sp³-hybridized carbons (Fsp3) is 0.0588. The molecular formula is C17H12N2O4S2. The summed E-state index contributed by atoms with van der Waals surface area (Å²) in [6.07, 6.45) is 0. The molecule has 0 fully saturated rings. The van der Waals surface area contributed by atoms with Gasteiger partial charge >= 0.3 is 0 Å². The Bertz CT molecular complexity index is 915. The standard InChI is InChI=1S/C17H12N2O4S2/c20-16(14-2-1-9-24-14)15-8-7-13(25-15)10-18-17(21)11-3-5-12(6-4-11)19(22)23/h1-9H,10H2,(H,18,21). The Morgan fingerprint density at radius 2 is 1.80 bits per heavy atom. The number of nitro benzene ring substituents is 1. The van der Waals surface area contributed by atoms with Gasteiger partial charge in [-0.3, -0.25) is 19.7 Å². The van der Waals surface area contributed by atoms with Crippen LogP contribution < -0.4 is 5.32 Å². The van der Waals surface area contributed by atoms with E-state index < -0.39 is 4.92 Å². The highest BCUT2D eigenvalue weighted by Gasteiger charge is 2.14. The third kappa shape index (κ3) is 3.98. The predicted octanol–water partition coefficient (Wildman–Crippen LogP) is 3.88. The number of amides is 1. The first-order chi connectivity index (χ1) is 12.0. The summed E-state index contributed by atoms with van der Waals surface area (Å²) < 4.78 is 0. The Morgan fingerprint density at radius 1 is 1.04 bits per heavy atom. The van der Waals surface area contributed by atoms with Crippen molar-refractivity contribution in [2.45, 2.75) is 6.54 Å². The van der Waals surface area contributed by atoms with Crippen molar-refractivity contribution in [3.05, 3.63) is 84.2 Å². The normalized spacial score (nSPS) is 10.4. The molecule has 0 aliphatic rings. The van der Waals surface area contributed by atoms with Crippen LogP contribution in [0.3, 0.4) is 0 Å². The van der Waals surface area contributed by atoms with E-state index in [0.717, 1.165) is 4.88 Å². The van der Waals surface area contributed by atoms with Crippen LogP contribution in [-0.4, -0.2) is 16.6 Å². The lowest BCUT2D eigenvalue weighted by atomic mass is 10.2. The van der Waals surface area contributed by atoms with Crippen LogP contribution >= 0.6 is 22.7 Å². The van der Waals surface area contributed by atoms with Gasteiger partial charge in [-0.1, -0.05) is 6.07 Å². The Morgan fingerprint density at radius 3 is 2.44 bits per heavy atom. The molecule has 1 aromatic carbocycles. The van der Waals surface area contributed by atoms with Crippen LogP contribution in [0.1, 0.15) is 29.8 Å². The van der Waals surface area contributed by atoms with E-state index in [9.17, 15) is 19.7 Å². The number of thiophene rings is 2. The van der Waals surface area contributed by atoms with Gasteiger partial charge < -0.3 is 5.32 Å². The molecule has 0 saturated heterocycles. The highest BCUT2D eigenvalue weighted by atomic mass is 32.1. The van der Waals surface area contributed by atoms with Crippen LogP contribution in [0.15, 0.2) is 53.9 Å². The number of hydrogen-bond donors (Lipinski definition) is 1. The molecule has 126 valence electrons. The number of benzene rings is 1. The van der Waals surface area contributed by atoms with E-state index in [-0.39, 0.29) is 23.9 Å². The molecule has 0 unspecified atom stereocenters. The minimum atomic E-state index is -0.514. The van der Waals surface area contributed by atoms with Gasteiger partial charge in [0.05, 0.1) is 21.2 Å². The molecule has 1 amide bonds. The van der Waals surface area contributed by atoms with Crippen molar-refractivity contribution in [1.29, 1.82) is 0 Å². The lowest BCUT2D eigenvalue weighted by Crippen LogP contribution is -2.22. The quantitative estimate of drug-likeness (QED) is 0.404. The number of hydrogen-bond acceptors (Lipinski definition) is 6. The zero-order valence-corrected chi connectivity index (χ0v) is 14.4. The largest absolute Gasteiger partial charge is 0.347 e. The van der Waals surface area contributed by atoms with E-state index in [1.54, 1.807) is 12.1 Å². The lowest BCUT2D eigenvalue weighted by molar-refractivity contribution is -0.384. The third-order valence-electron chi connectivity index (χ3n) is 3.39. The summed E-state index contributed by atoms with van der Waals surface area (Å²) in [7, 11) is 0. The average molecular weight is 372 g/mol. The van der Waals surface area contributed by atoms with Crippen LogP contribution in [0.5, 0.6) is 0 Å². The second kappa shape index (κ2) is 7.37. The maximum absolute atomic E-state index is 12.2. The number of nitrogens with one attached hydrogen (secondary N) is 1. The van der Waals surface area contributed by atoms with Crippen LogP contribution in [0.2, 0.25) is 0 Å². The highest BCUT2D eigenvalue weighted by molar-refractivity contribution is 7.16. The third-order valence-corrected chi connectivity index (χ3v) is 5.35. The van der Waals surface area contributed by atoms with Gasteiger partial charge in [0.15, 0.2) is 0 Å². The van der Waals surface area contributed by atoms with Gasteiger partial charge in [0.1, 0.15) is 0 Å². The van der Waals surface area contributed by atoms with Crippen LogP contribution in [0, 0.1) is 10.1 Å². The molecule has 0 saturated carbocycles. The monoisotopic (exact) mass is 372 g/mol. The molecule has 0 radical (unpaired) electrons. The van der Waals surface area contributed by atoms with E-state index in [1.807, 2.05) is 17.5 Å². The second-order valence-electron chi connectivity index (χ2n) is 5.06. The minimum absolute atomic E-state index is 0.0204. The number of carbonyl (C=O) groups excluding carboxylic acids is 2. The fourth-order valence-corrected chi connectivity index (χ4v) is 3.77. The number of nitro groups is 1. The molecule has 2 heterocycles. The van der Waals surface area contributed by atoms with Crippen LogP contribution in [0.4, 0.5) is 5.69 Å². The van der Waals surface area contributed by atoms with Crippen molar-refractivity contribution >= 4 is 40.1 Å². The van der Waals surface area contributed by atoms with Gasteiger partial charge in [0, 0.05) is 22.6 Å². The van der Waals surface area contributed by atoms with E-state index in [0.29, 0.717) is 15.3 Å². The SMILES string of the molecule is O=C(NCc1ccc(C(=O)c2cccs2)s1)c1ccc([N+](=O)[O-])cc1. The van der Waals surface area contributed by atoms with E-state index in [4.69, 9.17) is 0 Å². The Labute approximate surface area is 150 Å². The summed E-state index contributed by atoms with van der Waals surface area (Å²) in [6, 6.07) is 12.6. The van der Waals surface area contributed by atoms with Crippen molar-refractivity contribution in [3.63, 3.8) is 0 Å². The first kappa shape index (κ1) is 17.0. The number of carbonyl (C=O) groups is 2. The molecule has 6 nitrogen and oxygen atoms in total. The van der Waals surface area contributed by atoms with Gasteiger partial charge in [-0.15, -0.1) is 22.7 Å². The van der Waals surface area contributed by atoms with E-state index in [1.165, 1.54) is 46.9 Å². The van der Waals surface area contributed by atoms with Gasteiger partial charge in [-0.2, -0.15) is 0 Å². The summed E-state index contributed by atoms with van der Waals surface area (Å²) in [5, 5.41) is 15.2. The maximum atomic E-state index is 12.2. The summed E-state index contributed by atoms with van der Waals surface area (Å²) in [5.41, 5.74) is 0.281. The predicted molar refractivity (Wildman–Crippen MR) is 96.3 cm³/mol. The molecule has 1 N–H and O–H groups in total. The molecule has 0 bridgehead atoms. The molecular weight excluding hydrogens is 360 g/mol. The van der Waals surface area contributed by atoms with Gasteiger partial charge in [-0.25, -0.2) is 0 Å². The first-order valence-corrected chi connectivity index (χ1v) is 8.94. The zero-order valence-electron chi connectivity index (χ0n) is 12.8. The van der Waals surface area contributed by atoms with Crippen LogP contribution in [-0.2, 0) is 6.54 Å². The zero-order chi connectivity index (χ0) is 17.8. The van der Waals surface area contributed by atoms with Gasteiger partial charge in [0.25, 0.3) is 11.6 Å². The lowest BCUT2D eigenvalue weighted by Gasteiger charge is -2.03. The highest BCUT2D eigenvalue weighted by Crippen LogP contribution is 2.22. The van der Waals surface area contributed by atoms with Crippen molar-refractivity contribution in [3.8, 4) is 0 Å². The maximum Gasteiger partial charge on any atom is 0.269 e. The Kier molecular flexibility index (Phi) is 5.01. The minimum Gasteiger partial charge on any atom is -0.347 e. The smallest absolute Gasteiger partial charge is 0.269 e. The molecule has 3 aromatic rings. The molecule has 25 heavy (non-hydrogen) atoms. The van der Waals surface area contributed by atoms with E-state index in [2.05, 4.69) is 5.32 Å².